The van der Waals surface area contributed by atoms with E-state index in [1.54, 1.807) is 0 Å². The zero-order chi connectivity index (χ0) is 17.0. The lowest BCUT2D eigenvalue weighted by Gasteiger charge is -2.28. The molecule has 0 amide bonds. The number of piperazine rings is 1. The number of hydrogen-bond donors (Lipinski definition) is 3. The number of anilines is 1. The fourth-order valence-corrected chi connectivity index (χ4v) is 2.43. The summed E-state index contributed by atoms with van der Waals surface area (Å²) in [5.41, 5.74) is 0.0860. The van der Waals surface area contributed by atoms with Gasteiger partial charge in [0.1, 0.15) is 6.04 Å². The molecule has 0 bridgehead atoms. The highest BCUT2D eigenvalue weighted by atomic mass is 19.4. The number of aliphatic carboxylic acids is 1. The second-order valence-corrected chi connectivity index (χ2v) is 5.60. The fourth-order valence-electron chi connectivity index (χ4n) is 2.43. The van der Waals surface area contributed by atoms with Gasteiger partial charge in [0.25, 0.3) is 0 Å². The zero-order valence-corrected chi connectivity index (χ0v) is 12.8. The van der Waals surface area contributed by atoms with Crippen LogP contribution in [0.25, 0.3) is 0 Å². The van der Waals surface area contributed by atoms with Gasteiger partial charge in [-0.25, -0.2) is 0 Å². The topological polar surface area (TPSA) is 64.6 Å². The molecule has 2 rings (SSSR count). The summed E-state index contributed by atoms with van der Waals surface area (Å²) in [6.45, 7) is 5.14. The summed E-state index contributed by atoms with van der Waals surface area (Å²) >= 11 is 0. The van der Waals surface area contributed by atoms with Crippen LogP contribution in [0.15, 0.2) is 18.2 Å². The van der Waals surface area contributed by atoms with Crippen LogP contribution in [0.5, 0.6) is 0 Å². The van der Waals surface area contributed by atoms with Gasteiger partial charge in [0.2, 0.25) is 0 Å². The molecular formula is C15H20F3N3O2. The van der Waals surface area contributed by atoms with Crippen LogP contribution in [0.3, 0.4) is 0 Å². The van der Waals surface area contributed by atoms with Crippen molar-refractivity contribution in [2.75, 3.05) is 31.5 Å². The molecule has 1 aromatic carbocycles. The number of halogens is 3. The summed E-state index contributed by atoms with van der Waals surface area (Å²) in [7, 11) is 0. The van der Waals surface area contributed by atoms with Gasteiger partial charge in [0, 0.05) is 38.4 Å². The molecule has 0 spiro atoms. The molecule has 1 aliphatic heterocycles. The lowest BCUT2D eigenvalue weighted by atomic mass is 10.1. The molecule has 1 fully saturated rings. The van der Waals surface area contributed by atoms with Gasteiger partial charge in [-0.3, -0.25) is 9.69 Å². The minimum Gasteiger partial charge on any atom is -0.480 e. The minimum atomic E-state index is -4.46. The van der Waals surface area contributed by atoms with Crippen LogP contribution >= 0.6 is 0 Å². The van der Waals surface area contributed by atoms with Crippen molar-refractivity contribution in [1.82, 2.24) is 10.2 Å². The van der Waals surface area contributed by atoms with E-state index in [-0.39, 0.29) is 5.69 Å². The zero-order valence-electron chi connectivity index (χ0n) is 12.8. The summed E-state index contributed by atoms with van der Waals surface area (Å²) in [6, 6.07) is 2.47. The van der Waals surface area contributed by atoms with E-state index < -0.39 is 23.8 Å². The van der Waals surface area contributed by atoms with Crippen molar-refractivity contribution >= 4 is 11.7 Å². The Bertz CT molecular complexity index is 557. The van der Waals surface area contributed by atoms with Crippen LogP contribution in [0.4, 0.5) is 18.9 Å². The molecule has 0 radical (unpaired) electrons. The molecule has 1 saturated heterocycles. The Morgan fingerprint density at radius 3 is 2.61 bits per heavy atom. The average molecular weight is 331 g/mol. The molecule has 1 atom stereocenters. The molecule has 0 saturated carbocycles. The number of nitrogens with zero attached hydrogens (tertiary/aromatic N) is 1. The van der Waals surface area contributed by atoms with Crippen molar-refractivity contribution in [3.63, 3.8) is 0 Å². The van der Waals surface area contributed by atoms with Crippen molar-refractivity contribution in [3.05, 3.63) is 29.3 Å². The highest BCUT2D eigenvalue weighted by Gasteiger charge is 2.31. The Labute approximate surface area is 132 Å². The predicted molar refractivity (Wildman–Crippen MR) is 80.3 cm³/mol. The van der Waals surface area contributed by atoms with Gasteiger partial charge >= 0.3 is 12.1 Å². The van der Waals surface area contributed by atoms with E-state index in [9.17, 15) is 18.0 Å². The lowest BCUT2D eigenvalue weighted by Crippen LogP contribution is -2.43. The third kappa shape index (κ3) is 4.84. The molecule has 5 nitrogen and oxygen atoms in total. The number of carbonyl (C=O) groups is 1. The van der Waals surface area contributed by atoms with E-state index in [1.165, 1.54) is 13.0 Å². The van der Waals surface area contributed by atoms with Gasteiger partial charge in [-0.1, -0.05) is 6.07 Å². The first kappa shape index (κ1) is 17.6. The maximum absolute atomic E-state index is 12.9. The van der Waals surface area contributed by atoms with Gasteiger partial charge in [0.15, 0.2) is 0 Å². The van der Waals surface area contributed by atoms with Crippen molar-refractivity contribution in [1.29, 1.82) is 0 Å². The summed E-state index contributed by atoms with van der Waals surface area (Å²) in [6.07, 6.45) is -4.46. The molecule has 128 valence electrons. The number of hydrogen-bond acceptors (Lipinski definition) is 4. The van der Waals surface area contributed by atoms with Crippen molar-refractivity contribution in [2.45, 2.75) is 25.7 Å². The summed E-state index contributed by atoms with van der Waals surface area (Å²) in [5, 5.41) is 14.9. The van der Waals surface area contributed by atoms with Crippen molar-refractivity contribution in [2.24, 2.45) is 0 Å². The quantitative estimate of drug-likeness (QED) is 0.770. The van der Waals surface area contributed by atoms with Crippen LogP contribution in [-0.4, -0.2) is 48.2 Å². The average Bonchev–Trinajstić information content (AvgIpc) is 2.48. The SMILES string of the molecule is C[C@H](Nc1cc(C(F)(F)F)ccc1CN1CCNCC1)C(=O)O. The third-order valence-corrected chi connectivity index (χ3v) is 3.78. The highest BCUT2D eigenvalue weighted by molar-refractivity contribution is 5.77. The lowest BCUT2D eigenvalue weighted by molar-refractivity contribution is -0.138. The Morgan fingerprint density at radius 2 is 2.04 bits per heavy atom. The molecule has 0 unspecified atom stereocenters. The smallest absolute Gasteiger partial charge is 0.416 e. The number of carboxylic acid groups (broad SMARTS) is 1. The van der Waals surface area contributed by atoms with Crippen LogP contribution in [0.1, 0.15) is 18.1 Å². The molecule has 1 heterocycles. The van der Waals surface area contributed by atoms with Gasteiger partial charge in [-0.2, -0.15) is 13.2 Å². The second-order valence-electron chi connectivity index (χ2n) is 5.60. The van der Waals surface area contributed by atoms with E-state index in [0.29, 0.717) is 12.1 Å². The van der Waals surface area contributed by atoms with E-state index in [4.69, 9.17) is 5.11 Å². The number of rotatable bonds is 5. The second kappa shape index (κ2) is 7.18. The molecule has 3 N–H and O–H groups in total. The first-order valence-electron chi connectivity index (χ1n) is 7.40. The number of alkyl halides is 3. The molecular weight excluding hydrogens is 311 g/mol. The predicted octanol–water partition coefficient (Wildman–Crippen LogP) is 2.00. The Morgan fingerprint density at radius 1 is 1.39 bits per heavy atom. The summed E-state index contributed by atoms with van der Waals surface area (Å²) < 4.78 is 38.7. The normalized spacial score (nSPS) is 17.7. The fraction of sp³-hybridized carbons (Fsp3) is 0.533. The summed E-state index contributed by atoms with van der Waals surface area (Å²) in [4.78, 5) is 13.1. The highest BCUT2D eigenvalue weighted by Crippen LogP contribution is 2.33. The number of benzene rings is 1. The van der Waals surface area contributed by atoms with E-state index >= 15 is 0 Å². The van der Waals surface area contributed by atoms with Crippen molar-refractivity contribution in [3.8, 4) is 0 Å². The number of carboxylic acids is 1. The van der Waals surface area contributed by atoms with E-state index in [2.05, 4.69) is 15.5 Å². The Kier molecular flexibility index (Phi) is 5.48. The molecule has 0 aromatic heterocycles. The largest absolute Gasteiger partial charge is 0.480 e. The first-order chi connectivity index (χ1) is 10.8. The van der Waals surface area contributed by atoms with Crippen LogP contribution in [0, 0.1) is 0 Å². The molecule has 23 heavy (non-hydrogen) atoms. The maximum Gasteiger partial charge on any atom is 0.416 e. The number of nitrogens with one attached hydrogen (secondary N) is 2. The Hall–Kier alpha value is -1.80. The van der Waals surface area contributed by atoms with Gasteiger partial charge in [0.05, 0.1) is 5.56 Å². The molecule has 0 aliphatic carbocycles. The van der Waals surface area contributed by atoms with Gasteiger partial charge in [-0.15, -0.1) is 0 Å². The monoisotopic (exact) mass is 331 g/mol. The van der Waals surface area contributed by atoms with E-state index in [1.807, 2.05) is 0 Å². The standard InChI is InChI=1S/C15H20F3N3O2/c1-10(14(22)23)20-13-8-12(15(16,17)18)3-2-11(13)9-21-6-4-19-5-7-21/h2-3,8,10,19-20H,4-7,9H2,1H3,(H,22,23)/t10-/m0/s1. The molecule has 8 heteroatoms. The van der Waals surface area contributed by atoms with E-state index in [0.717, 1.165) is 38.3 Å². The van der Waals surface area contributed by atoms with Gasteiger partial charge < -0.3 is 15.7 Å². The summed E-state index contributed by atoms with van der Waals surface area (Å²) in [5.74, 6) is -1.12. The minimum absolute atomic E-state index is 0.216. The van der Waals surface area contributed by atoms with Gasteiger partial charge in [-0.05, 0) is 24.6 Å². The third-order valence-electron chi connectivity index (χ3n) is 3.78. The van der Waals surface area contributed by atoms with Crippen molar-refractivity contribution < 1.29 is 23.1 Å². The maximum atomic E-state index is 12.9. The molecule has 1 aromatic rings. The Balaban J connectivity index is 2.25. The van der Waals surface area contributed by atoms with Crippen LogP contribution in [-0.2, 0) is 17.5 Å². The van der Waals surface area contributed by atoms with Crippen LogP contribution < -0.4 is 10.6 Å². The molecule has 1 aliphatic rings. The first-order valence-corrected chi connectivity index (χ1v) is 7.40. The van der Waals surface area contributed by atoms with Crippen LogP contribution in [0.2, 0.25) is 0 Å².